The molecule has 0 aliphatic carbocycles. The molecule has 2 atom stereocenters. The van der Waals surface area contributed by atoms with Gasteiger partial charge in [-0.1, -0.05) is 6.07 Å². The Hall–Kier alpha value is -1.26. The average Bonchev–Trinajstić information content (AvgIpc) is 2.46. The molecule has 0 amide bonds. The van der Waals surface area contributed by atoms with Crippen molar-refractivity contribution in [3.8, 4) is 11.5 Å². The van der Waals surface area contributed by atoms with E-state index in [0.29, 0.717) is 11.7 Å². The average molecular weight is 265 g/mol. The number of ether oxygens (including phenoxy) is 2. The molecule has 1 saturated heterocycles. The van der Waals surface area contributed by atoms with Gasteiger partial charge >= 0.3 is 0 Å². The number of hydrogen-bond acceptors (Lipinski definition) is 4. The fourth-order valence-electron chi connectivity index (χ4n) is 2.39. The van der Waals surface area contributed by atoms with Crippen LogP contribution in [-0.2, 0) is 4.74 Å². The number of rotatable bonds is 5. The van der Waals surface area contributed by atoms with E-state index in [4.69, 9.17) is 9.47 Å². The highest BCUT2D eigenvalue weighted by molar-refractivity contribution is 5.42. The molecule has 0 bridgehead atoms. The van der Waals surface area contributed by atoms with Gasteiger partial charge in [0.15, 0.2) is 11.5 Å². The Morgan fingerprint density at radius 1 is 1.53 bits per heavy atom. The van der Waals surface area contributed by atoms with Gasteiger partial charge in [-0.2, -0.15) is 0 Å². The van der Waals surface area contributed by atoms with E-state index in [1.165, 1.54) is 6.42 Å². The van der Waals surface area contributed by atoms with Gasteiger partial charge in [0.25, 0.3) is 0 Å². The first kappa shape index (κ1) is 14.2. The molecule has 1 heterocycles. The van der Waals surface area contributed by atoms with Crippen molar-refractivity contribution in [3.63, 3.8) is 0 Å². The van der Waals surface area contributed by atoms with E-state index < -0.39 is 0 Å². The third-order valence-electron chi connectivity index (χ3n) is 3.67. The van der Waals surface area contributed by atoms with Crippen LogP contribution < -0.4 is 10.1 Å². The molecule has 19 heavy (non-hydrogen) atoms. The Morgan fingerprint density at radius 2 is 2.37 bits per heavy atom. The summed E-state index contributed by atoms with van der Waals surface area (Å²) in [5, 5.41) is 13.1. The molecule has 4 nitrogen and oxygen atoms in total. The van der Waals surface area contributed by atoms with Crippen molar-refractivity contribution < 1.29 is 14.6 Å². The number of phenolic OH excluding ortho intramolecular Hbond substituents is 1. The number of nitrogens with one attached hydrogen (secondary N) is 1. The summed E-state index contributed by atoms with van der Waals surface area (Å²) in [4.78, 5) is 0. The van der Waals surface area contributed by atoms with E-state index in [0.717, 1.165) is 31.7 Å². The lowest BCUT2D eigenvalue weighted by Crippen LogP contribution is -2.30. The summed E-state index contributed by atoms with van der Waals surface area (Å²) in [6.07, 6.45) is 2.40. The van der Waals surface area contributed by atoms with Crippen LogP contribution in [0.1, 0.15) is 31.4 Å². The molecule has 106 valence electrons. The molecule has 4 heteroatoms. The van der Waals surface area contributed by atoms with Crippen LogP contribution >= 0.6 is 0 Å². The smallest absolute Gasteiger partial charge is 0.160 e. The molecule has 1 aromatic rings. The summed E-state index contributed by atoms with van der Waals surface area (Å²) in [6, 6.07) is 5.71. The van der Waals surface area contributed by atoms with Gasteiger partial charge in [-0.3, -0.25) is 0 Å². The van der Waals surface area contributed by atoms with Crippen LogP contribution in [-0.4, -0.2) is 32.0 Å². The molecule has 2 unspecified atom stereocenters. The van der Waals surface area contributed by atoms with Crippen molar-refractivity contribution in [2.75, 3.05) is 26.9 Å². The van der Waals surface area contributed by atoms with Crippen LogP contribution in [0.25, 0.3) is 0 Å². The SMILES string of the molecule is COc1cc(C(C)NCC2CCCOC2)ccc1O. The number of methoxy groups -OCH3 is 1. The van der Waals surface area contributed by atoms with Crippen molar-refractivity contribution in [2.45, 2.75) is 25.8 Å². The molecular formula is C15H23NO3. The highest BCUT2D eigenvalue weighted by Gasteiger charge is 2.15. The fraction of sp³-hybridized carbons (Fsp3) is 0.600. The van der Waals surface area contributed by atoms with Crippen molar-refractivity contribution in [1.82, 2.24) is 5.32 Å². The highest BCUT2D eigenvalue weighted by atomic mass is 16.5. The van der Waals surface area contributed by atoms with Crippen molar-refractivity contribution >= 4 is 0 Å². The van der Waals surface area contributed by atoms with E-state index in [1.54, 1.807) is 13.2 Å². The second kappa shape index (κ2) is 6.78. The predicted octanol–water partition coefficient (Wildman–Crippen LogP) is 2.48. The Kier molecular flexibility index (Phi) is 5.05. The highest BCUT2D eigenvalue weighted by Crippen LogP contribution is 2.28. The zero-order valence-electron chi connectivity index (χ0n) is 11.7. The lowest BCUT2D eigenvalue weighted by atomic mass is 10.0. The fourth-order valence-corrected chi connectivity index (χ4v) is 2.39. The first-order chi connectivity index (χ1) is 9.20. The van der Waals surface area contributed by atoms with E-state index in [1.807, 2.05) is 12.1 Å². The van der Waals surface area contributed by atoms with Gasteiger partial charge in [-0.05, 0) is 43.4 Å². The second-order valence-corrected chi connectivity index (χ2v) is 5.14. The Balaban J connectivity index is 1.89. The summed E-state index contributed by atoms with van der Waals surface area (Å²) in [5.74, 6) is 1.31. The molecule has 1 fully saturated rings. The van der Waals surface area contributed by atoms with Gasteiger partial charge in [-0.15, -0.1) is 0 Å². The van der Waals surface area contributed by atoms with Crippen LogP contribution in [0.2, 0.25) is 0 Å². The summed E-state index contributed by atoms with van der Waals surface area (Å²) < 4.78 is 10.6. The summed E-state index contributed by atoms with van der Waals surface area (Å²) in [7, 11) is 1.57. The van der Waals surface area contributed by atoms with Crippen LogP contribution in [0.5, 0.6) is 11.5 Å². The van der Waals surface area contributed by atoms with Gasteiger partial charge in [0.05, 0.1) is 13.7 Å². The molecule has 2 rings (SSSR count). The lowest BCUT2D eigenvalue weighted by Gasteiger charge is -2.24. The minimum Gasteiger partial charge on any atom is -0.504 e. The normalized spacial score (nSPS) is 21.1. The molecular weight excluding hydrogens is 242 g/mol. The molecule has 0 radical (unpaired) electrons. The topological polar surface area (TPSA) is 50.7 Å². The number of benzene rings is 1. The molecule has 0 aromatic heterocycles. The standard InChI is InChI=1S/C15H23NO3/c1-11(16-9-12-4-3-7-19-10-12)13-5-6-14(17)15(8-13)18-2/h5-6,8,11-12,16-17H,3-4,7,9-10H2,1-2H3. The van der Waals surface area contributed by atoms with Crippen LogP contribution in [0.4, 0.5) is 0 Å². The zero-order valence-corrected chi connectivity index (χ0v) is 11.7. The lowest BCUT2D eigenvalue weighted by molar-refractivity contribution is 0.0540. The second-order valence-electron chi connectivity index (χ2n) is 5.14. The third-order valence-corrected chi connectivity index (χ3v) is 3.67. The largest absolute Gasteiger partial charge is 0.504 e. The van der Waals surface area contributed by atoms with E-state index in [9.17, 15) is 5.11 Å². The van der Waals surface area contributed by atoms with Gasteiger partial charge in [0.2, 0.25) is 0 Å². The summed E-state index contributed by atoms with van der Waals surface area (Å²) in [5.41, 5.74) is 1.12. The Bertz CT molecular complexity index is 402. The molecule has 2 N–H and O–H groups in total. The maximum atomic E-state index is 9.59. The van der Waals surface area contributed by atoms with Crippen molar-refractivity contribution in [1.29, 1.82) is 0 Å². The van der Waals surface area contributed by atoms with E-state index >= 15 is 0 Å². The van der Waals surface area contributed by atoms with Gasteiger partial charge < -0.3 is 19.9 Å². The Morgan fingerprint density at radius 3 is 3.05 bits per heavy atom. The maximum Gasteiger partial charge on any atom is 0.160 e. The number of aromatic hydroxyl groups is 1. The van der Waals surface area contributed by atoms with Crippen LogP contribution in [0.3, 0.4) is 0 Å². The van der Waals surface area contributed by atoms with Gasteiger partial charge in [-0.25, -0.2) is 0 Å². The first-order valence-electron chi connectivity index (χ1n) is 6.88. The summed E-state index contributed by atoms with van der Waals surface area (Å²) >= 11 is 0. The van der Waals surface area contributed by atoms with E-state index in [2.05, 4.69) is 12.2 Å². The zero-order chi connectivity index (χ0) is 13.7. The number of phenols is 1. The first-order valence-corrected chi connectivity index (χ1v) is 6.88. The quantitative estimate of drug-likeness (QED) is 0.858. The third kappa shape index (κ3) is 3.85. The van der Waals surface area contributed by atoms with Crippen LogP contribution in [0, 0.1) is 5.92 Å². The Labute approximate surface area is 114 Å². The van der Waals surface area contributed by atoms with Crippen LogP contribution in [0.15, 0.2) is 18.2 Å². The number of hydrogen-bond donors (Lipinski definition) is 2. The predicted molar refractivity (Wildman–Crippen MR) is 74.6 cm³/mol. The van der Waals surface area contributed by atoms with Crippen molar-refractivity contribution in [3.05, 3.63) is 23.8 Å². The minimum atomic E-state index is 0.180. The van der Waals surface area contributed by atoms with Crippen molar-refractivity contribution in [2.24, 2.45) is 5.92 Å². The monoisotopic (exact) mass is 265 g/mol. The minimum absolute atomic E-state index is 0.180. The molecule has 1 aliphatic rings. The molecule has 0 saturated carbocycles. The molecule has 1 aromatic carbocycles. The van der Waals surface area contributed by atoms with Gasteiger partial charge in [0.1, 0.15) is 0 Å². The van der Waals surface area contributed by atoms with Gasteiger partial charge in [0, 0.05) is 19.2 Å². The molecule has 1 aliphatic heterocycles. The summed E-state index contributed by atoms with van der Waals surface area (Å²) in [6.45, 7) is 4.85. The molecule has 0 spiro atoms. The van der Waals surface area contributed by atoms with E-state index in [-0.39, 0.29) is 11.8 Å². The maximum absolute atomic E-state index is 9.59.